The number of nitrogens with one attached hydrogen (secondary N) is 2. The van der Waals surface area contributed by atoms with Crippen molar-refractivity contribution in [3.8, 4) is 0 Å². The van der Waals surface area contributed by atoms with E-state index in [-0.39, 0.29) is 36.0 Å². The fourth-order valence-electron chi connectivity index (χ4n) is 5.26. The van der Waals surface area contributed by atoms with Gasteiger partial charge in [0.05, 0.1) is 18.7 Å². The van der Waals surface area contributed by atoms with Crippen LogP contribution in [0.5, 0.6) is 0 Å². The summed E-state index contributed by atoms with van der Waals surface area (Å²) < 4.78 is 5.28. The van der Waals surface area contributed by atoms with Gasteiger partial charge in [-0.3, -0.25) is 14.5 Å². The highest BCUT2D eigenvalue weighted by molar-refractivity contribution is 6.30. The molecule has 3 fully saturated rings. The summed E-state index contributed by atoms with van der Waals surface area (Å²) in [6.45, 7) is 3.61. The normalized spacial score (nSPS) is 28.6. The van der Waals surface area contributed by atoms with Crippen LogP contribution in [0.2, 0.25) is 5.02 Å². The van der Waals surface area contributed by atoms with E-state index in [1.807, 2.05) is 23.1 Å². The van der Waals surface area contributed by atoms with Crippen LogP contribution in [0.25, 0.3) is 0 Å². The second-order valence-electron chi connectivity index (χ2n) is 8.93. The lowest BCUT2D eigenvalue weighted by Crippen LogP contribution is -2.58. The summed E-state index contributed by atoms with van der Waals surface area (Å²) in [5.74, 6) is 0.317. The van der Waals surface area contributed by atoms with E-state index in [1.165, 1.54) is 0 Å². The maximum Gasteiger partial charge on any atom is 0.237 e. The van der Waals surface area contributed by atoms with Crippen LogP contribution in [0.1, 0.15) is 37.7 Å². The van der Waals surface area contributed by atoms with Crippen molar-refractivity contribution in [2.24, 2.45) is 0 Å². The summed E-state index contributed by atoms with van der Waals surface area (Å²) >= 11 is 6.08. The number of benzene rings is 1. The standard InChI is InChI=1S/C23H33ClN4O3/c1-31-15-20-6-3-9-27(20)22(29)8-7-19-13-26-23(30)21-11-18(14-28(19)21)25-12-16-4-2-5-17(24)10-16/h2,4-5,10,18-21,25H,3,6-9,11-15H2,1H3,(H,26,30). The fraction of sp³-hybridized carbons (Fsp3) is 0.652. The topological polar surface area (TPSA) is 73.9 Å². The molecule has 0 aliphatic carbocycles. The SMILES string of the molecule is COCC1CCCN1C(=O)CCC1CNC(=O)C2CC(NCc3cccc(Cl)c3)CN12. The number of likely N-dealkylation sites (tertiary alicyclic amines) is 1. The molecule has 0 radical (unpaired) electrons. The number of ether oxygens (including phenoxy) is 1. The zero-order valence-electron chi connectivity index (χ0n) is 18.2. The Bertz CT molecular complexity index is 792. The van der Waals surface area contributed by atoms with E-state index in [4.69, 9.17) is 16.3 Å². The molecule has 3 aliphatic heterocycles. The van der Waals surface area contributed by atoms with Crippen molar-refractivity contribution in [3.05, 3.63) is 34.9 Å². The highest BCUT2D eigenvalue weighted by Gasteiger charge is 2.43. The van der Waals surface area contributed by atoms with Crippen LogP contribution in [-0.2, 0) is 20.9 Å². The third-order valence-corrected chi connectivity index (χ3v) is 7.09. The maximum atomic E-state index is 12.8. The number of amides is 2. The Balaban J connectivity index is 1.30. The van der Waals surface area contributed by atoms with Gasteiger partial charge in [-0.05, 0) is 43.4 Å². The Morgan fingerprint density at radius 3 is 3.03 bits per heavy atom. The number of carbonyl (C=O) groups is 2. The van der Waals surface area contributed by atoms with Gasteiger partial charge in [0.25, 0.3) is 0 Å². The van der Waals surface area contributed by atoms with Crippen molar-refractivity contribution in [1.82, 2.24) is 20.4 Å². The molecule has 7 nitrogen and oxygen atoms in total. The minimum Gasteiger partial charge on any atom is -0.383 e. The molecule has 4 rings (SSSR count). The van der Waals surface area contributed by atoms with Crippen LogP contribution < -0.4 is 10.6 Å². The minimum absolute atomic E-state index is 0.106. The smallest absolute Gasteiger partial charge is 0.237 e. The second-order valence-corrected chi connectivity index (χ2v) is 9.37. The molecule has 8 heteroatoms. The quantitative estimate of drug-likeness (QED) is 0.634. The van der Waals surface area contributed by atoms with Crippen molar-refractivity contribution in [2.45, 2.75) is 62.8 Å². The molecule has 3 saturated heterocycles. The lowest BCUT2D eigenvalue weighted by molar-refractivity contribution is -0.133. The van der Waals surface area contributed by atoms with Gasteiger partial charge in [-0.15, -0.1) is 0 Å². The first kappa shape index (κ1) is 22.5. The molecule has 4 atom stereocenters. The van der Waals surface area contributed by atoms with Gasteiger partial charge in [-0.1, -0.05) is 23.7 Å². The predicted octanol–water partition coefficient (Wildman–Crippen LogP) is 1.79. The Kier molecular flexibility index (Phi) is 7.48. The van der Waals surface area contributed by atoms with E-state index in [2.05, 4.69) is 21.6 Å². The Labute approximate surface area is 189 Å². The average molecular weight is 449 g/mol. The number of carbonyl (C=O) groups excluding carboxylic acids is 2. The highest BCUT2D eigenvalue weighted by Crippen LogP contribution is 2.27. The van der Waals surface area contributed by atoms with E-state index in [1.54, 1.807) is 7.11 Å². The van der Waals surface area contributed by atoms with Gasteiger partial charge in [0, 0.05) is 56.8 Å². The molecule has 4 unspecified atom stereocenters. The first-order valence-electron chi connectivity index (χ1n) is 11.3. The van der Waals surface area contributed by atoms with Crippen molar-refractivity contribution in [2.75, 3.05) is 33.4 Å². The van der Waals surface area contributed by atoms with Crippen LogP contribution in [0.3, 0.4) is 0 Å². The molecule has 3 aliphatic rings. The van der Waals surface area contributed by atoms with Crippen molar-refractivity contribution < 1.29 is 14.3 Å². The van der Waals surface area contributed by atoms with Gasteiger partial charge in [-0.25, -0.2) is 0 Å². The molecular formula is C23H33ClN4O3. The van der Waals surface area contributed by atoms with Gasteiger partial charge in [0.15, 0.2) is 0 Å². The van der Waals surface area contributed by atoms with Crippen molar-refractivity contribution in [1.29, 1.82) is 0 Å². The lowest BCUT2D eigenvalue weighted by Gasteiger charge is -2.37. The zero-order chi connectivity index (χ0) is 21.8. The summed E-state index contributed by atoms with van der Waals surface area (Å²) in [6.07, 6.45) is 4.15. The summed E-state index contributed by atoms with van der Waals surface area (Å²) in [4.78, 5) is 29.6. The number of halogens is 1. The van der Waals surface area contributed by atoms with Gasteiger partial charge in [-0.2, -0.15) is 0 Å². The van der Waals surface area contributed by atoms with E-state index < -0.39 is 0 Å². The highest BCUT2D eigenvalue weighted by atomic mass is 35.5. The zero-order valence-corrected chi connectivity index (χ0v) is 18.9. The molecule has 1 aromatic carbocycles. The molecular weight excluding hydrogens is 416 g/mol. The van der Waals surface area contributed by atoms with Crippen LogP contribution in [0, 0.1) is 0 Å². The first-order chi connectivity index (χ1) is 15.0. The van der Waals surface area contributed by atoms with Crippen LogP contribution in [0.15, 0.2) is 24.3 Å². The number of methoxy groups -OCH3 is 1. The number of nitrogens with zero attached hydrogens (tertiary/aromatic N) is 2. The van der Waals surface area contributed by atoms with Gasteiger partial charge < -0.3 is 20.3 Å². The summed E-state index contributed by atoms with van der Waals surface area (Å²) in [6, 6.07) is 8.39. The molecule has 3 heterocycles. The summed E-state index contributed by atoms with van der Waals surface area (Å²) in [7, 11) is 1.69. The largest absolute Gasteiger partial charge is 0.383 e. The summed E-state index contributed by atoms with van der Waals surface area (Å²) in [5.41, 5.74) is 1.14. The third kappa shape index (κ3) is 5.40. The van der Waals surface area contributed by atoms with E-state index >= 15 is 0 Å². The first-order valence-corrected chi connectivity index (χ1v) is 11.7. The maximum absolute atomic E-state index is 12.8. The molecule has 2 N–H and O–H groups in total. The molecule has 31 heavy (non-hydrogen) atoms. The fourth-order valence-corrected chi connectivity index (χ4v) is 5.48. The molecule has 1 aromatic rings. The summed E-state index contributed by atoms with van der Waals surface area (Å²) in [5, 5.41) is 7.37. The molecule has 170 valence electrons. The van der Waals surface area contributed by atoms with Crippen LogP contribution in [-0.4, -0.2) is 79.1 Å². The Morgan fingerprint density at radius 2 is 2.23 bits per heavy atom. The molecule has 0 spiro atoms. The molecule has 0 bridgehead atoms. The van der Waals surface area contributed by atoms with Gasteiger partial charge in [0.1, 0.15) is 0 Å². The number of hydrogen-bond donors (Lipinski definition) is 2. The average Bonchev–Trinajstić information content (AvgIpc) is 3.40. The van der Waals surface area contributed by atoms with E-state index in [0.717, 1.165) is 55.9 Å². The second kappa shape index (κ2) is 10.3. The van der Waals surface area contributed by atoms with Gasteiger partial charge in [0.2, 0.25) is 11.8 Å². The van der Waals surface area contributed by atoms with E-state index in [9.17, 15) is 9.59 Å². The number of hydrogen-bond acceptors (Lipinski definition) is 5. The number of fused-ring (bicyclic) bond motifs is 1. The molecule has 2 amide bonds. The monoisotopic (exact) mass is 448 g/mol. The van der Waals surface area contributed by atoms with Crippen molar-refractivity contribution in [3.63, 3.8) is 0 Å². The lowest BCUT2D eigenvalue weighted by atomic mass is 10.0. The minimum atomic E-state index is -0.112. The van der Waals surface area contributed by atoms with Crippen molar-refractivity contribution >= 4 is 23.4 Å². The van der Waals surface area contributed by atoms with Gasteiger partial charge >= 0.3 is 0 Å². The van der Waals surface area contributed by atoms with Crippen LogP contribution >= 0.6 is 11.6 Å². The third-order valence-electron chi connectivity index (χ3n) is 6.85. The molecule has 0 aromatic heterocycles. The van der Waals surface area contributed by atoms with Crippen LogP contribution in [0.4, 0.5) is 0 Å². The Morgan fingerprint density at radius 1 is 1.35 bits per heavy atom. The molecule has 0 saturated carbocycles. The predicted molar refractivity (Wildman–Crippen MR) is 120 cm³/mol. The number of rotatable bonds is 8. The Hall–Kier alpha value is -1.67. The number of piperazine rings is 1. The van der Waals surface area contributed by atoms with E-state index in [0.29, 0.717) is 19.6 Å².